The zero-order chi connectivity index (χ0) is 14.8. The molecule has 1 unspecified atom stereocenters. The molecule has 0 aliphatic heterocycles. The van der Waals surface area contributed by atoms with Crippen LogP contribution in [0.2, 0.25) is 5.02 Å². The smallest absolute Gasteiger partial charge is 0.382 e. The Labute approximate surface area is 112 Å². The zero-order valence-electron chi connectivity index (χ0n) is 10.1. The summed E-state index contributed by atoms with van der Waals surface area (Å²) >= 11 is 5.62. The van der Waals surface area contributed by atoms with E-state index in [9.17, 15) is 23.1 Å². The highest BCUT2D eigenvalue weighted by atomic mass is 35.5. The number of carbonyl (C=O) groups is 1. The lowest BCUT2D eigenvalue weighted by molar-refractivity contribution is -0.222. The normalized spacial score (nSPS) is 14.1. The van der Waals surface area contributed by atoms with E-state index in [1.165, 1.54) is 12.3 Å². The lowest BCUT2D eigenvalue weighted by Gasteiger charge is -2.32. The number of hydrogen-bond acceptors (Lipinski definition) is 3. The number of aliphatic hydroxyl groups excluding tert-OH is 1. The summed E-state index contributed by atoms with van der Waals surface area (Å²) in [6.07, 6.45) is -5.06. The second-order valence-corrected chi connectivity index (χ2v) is 4.95. The predicted molar refractivity (Wildman–Crippen MR) is 62.9 cm³/mol. The number of pyridine rings is 1. The maximum absolute atomic E-state index is 12.4. The molecule has 0 spiro atoms. The number of aromatic nitrogens is 1. The SMILES string of the molecule is CC(C)(NC(=O)c1cncc(Cl)c1)C(O)C(F)(F)F. The van der Waals surface area contributed by atoms with Crippen molar-refractivity contribution in [3.63, 3.8) is 0 Å². The first-order valence-electron chi connectivity index (χ1n) is 5.22. The minimum absolute atomic E-state index is 0.00921. The molecular weight excluding hydrogens is 285 g/mol. The van der Waals surface area contributed by atoms with Crippen molar-refractivity contribution >= 4 is 17.5 Å². The minimum Gasteiger partial charge on any atom is -0.382 e. The maximum atomic E-state index is 12.4. The van der Waals surface area contributed by atoms with Crippen LogP contribution in [0.5, 0.6) is 0 Å². The number of amides is 1. The van der Waals surface area contributed by atoms with E-state index in [1.54, 1.807) is 0 Å². The molecule has 1 atom stereocenters. The number of nitrogens with one attached hydrogen (secondary N) is 1. The Morgan fingerprint density at radius 2 is 2.00 bits per heavy atom. The van der Waals surface area contributed by atoms with Gasteiger partial charge in [0.1, 0.15) is 0 Å². The van der Waals surface area contributed by atoms with Gasteiger partial charge in [0.15, 0.2) is 6.10 Å². The van der Waals surface area contributed by atoms with Crippen LogP contribution in [0.15, 0.2) is 18.5 Å². The molecule has 0 radical (unpaired) electrons. The number of halogens is 4. The molecule has 2 N–H and O–H groups in total. The Hall–Kier alpha value is -1.34. The molecule has 0 bridgehead atoms. The Bertz CT molecular complexity index is 477. The van der Waals surface area contributed by atoms with Gasteiger partial charge in [-0.05, 0) is 19.9 Å². The lowest BCUT2D eigenvalue weighted by atomic mass is 9.96. The molecule has 1 rings (SSSR count). The van der Waals surface area contributed by atoms with Gasteiger partial charge < -0.3 is 10.4 Å². The third-order valence-corrected chi connectivity index (χ3v) is 2.60. The fourth-order valence-corrected chi connectivity index (χ4v) is 1.55. The second-order valence-electron chi connectivity index (χ2n) is 4.51. The van der Waals surface area contributed by atoms with Crippen LogP contribution >= 0.6 is 11.6 Å². The average molecular weight is 297 g/mol. The summed E-state index contributed by atoms with van der Waals surface area (Å²) in [6, 6.07) is 1.26. The van der Waals surface area contributed by atoms with Crippen LogP contribution in [0.4, 0.5) is 13.2 Å². The van der Waals surface area contributed by atoms with Crippen LogP contribution in [0, 0.1) is 0 Å². The fraction of sp³-hybridized carbons (Fsp3) is 0.455. The molecule has 0 saturated heterocycles. The molecule has 0 aromatic carbocycles. The number of hydrogen-bond donors (Lipinski definition) is 2. The molecule has 4 nitrogen and oxygen atoms in total. The second kappa shape index (κ2) is 5.34. The largest absolute Gasteiger partial charge is 0.416 e. The van der Waals surface area contributed by atoms with Crippen molar-refractivity contribution in [1.82, 2.24) is 10.3 Å². The van der Waals surface area contributed by atoms with E-state index in [4.69, 9.17) is 11.6 Å². The van der Waals surface area contributed by atoms with Crippen LogP contribution in [-0.2, 0) is 0 Å². The van der Waals surface area contributed by atoms with E-state index in [-0.39, 0.29) is 10.6 Å². The van der Waals surface area contributed by atoms with Crippen molar-refractivity contribution in [2.75, 3.05) is 0 Å². The third-order valence-electron chi connectivity index (χ3n) is 2.40. The first kappa shape index (κ1) is 15.7. The standard InChI is InChI=1S/C11H12ClF3N2O2/c1-10(2,9(19)11(13,14)15)17-8(18)6-3-7(12)5-16-4-6/h3-5,9,19H,1-2H3,(H,17,18). The summed E-state index contributed by atoms with van der Waals surface area (Å²) in [5.74, 6) is -0.802. The number of rotatable bonds is 3. The van der Waals surface area contributed by atoms with Gasteiger partial charge in [-0.1, -0.05) is 11.6 Å². The molecule has 19 heavy (non-hydrogen) atoms. The number of alkyl halides is 3. The quantitative estimate of drug-likeness (QED) is 0.898. The molecule has 0 aliphatic carbocycles. The monoisotopic (exact) mass is 296 g/mol. The van der Waals surface area contributed by atoms with Gasteiger partial charge in [-0.3, -0.25) is 9.78 Å². The highest BCUT2D eigenvalue weighted by Gasteiger charge is 2.48. The highest BCUT2D eigenvalue weighted by Crippen LogP contribution is 2.28. The molecule has 0 aliphatic rings. The van der Waals surface area contributed by atoms with Crippen LogP contribution in [0.3, 0.4) is 0 Å². The van der Waals surface area contributed by atoms with Crippen LogP contribution < -0.4 is 5.32 Å². The average Bonchev–Trinajstić information content (AvgIpc) is 2.26. The van der Waals surface area contributed by atoms with Crippen molar-refractivity contribution in [2.24, 2.45) is 0 Å². The molecule has 1 aromatic heterocycles. The predicted octanol–water partition coefficient (Wildman–Crippen LogP) is 2.17. The Morgan fingerprint density at radius 3 is 2.47 bits per heavy atom. The van der Waals surface area contributed by atoms with Gasteiger partial charge in [0, 0.05) is 12.4 Å². The lowest BCUT2D eigenvalue weighted by Crippen LogP contribution is -2.57. The first-order valence-corrected chi connectivity index (χ1v) is 5.59. The maximum Gasteiger partial charge on any atom is 0.416 e. The summed E-state index contributed by atoms with van der Waals surface area (Å²) < 4.78 is 37.3. The van der Waals surface area contributed by atoms with Gasteiger partial charge in [-0.15, -0.1) is 0 Å². The number of carbonyl (C=O) groups excluding carboxylic acids is 1. The summed E-state index contributed by atoms with van der Waals surface area (Å²) in [6.45, 7) is 2.14. The Kier molecular flexibility index (Phi) is 4.42. The van der Waals surface area contributed by atoms with E-state index in [0.717, 1.165) is 20.0 Å². The Morgan fingerprint density at radius 1 is 1.42 bits per heavy atom. The van der Waals surface area contributed by atoms with Crippen LogP contribution in [0.25, 0.3) is 0 Å². The minimum atomic E-state index is -4.83. The summed E-state index contributed by atoms with van der Waals surface area (Å²) in [4.78, 5) is 15.4. The highest BCUT2D eigenvalue weighted by molar-refractivity contribution is 6.30. The van der Waals surface area contributed by atoms with E-state index < -0.39 is 23.7 Å². The molecule has 1 aromatic rings. The van der Waals surface area contributed by atoms with Crippen molar-refractivity contribution in [3.05, 3.63) is 29.0 Å². The van der Waals surface area contributed by atoms with Gasteiger partial charge in [0.05, 0.1) is 16.1 Å². The van der Waals surface area contributed by atoms with Crippen molar-refractivity contribution in [3.8, 4) is 0 Å². The molecule has 0 saturated carbocycles. The van der Waals surface area contributed by atoms with Crippen LogP contribution in [-0.4, -0.2) is 33.8 Å². The van der Waals surface area contributed by atoms with E-state index in [1.807, 2.05) is 0 Å². The van der Waals surface area contributed by atoms with Crippen molar-refractivity contribution < 1.29 is 23.1 Å². The summed E-state index contributed by atoms with van der Waals surface area (Å²) in [5, 5.41) is 11.5. The van der Waals surface area contributed by atoms with Crippen molar-refractivity contribution in [2.45, 2.75) is 31.7 Å². The van der Waals surface area contributed by atoms with E-state index >= 15 is 0 Å². The fourth-order valence-electron chi connectivity index (χ4n) is 1.38. The van der Waals surface area contributed by atoms with Gasteiger partial charge >= 0.3 is 6.18 Å². The van der Waals surface area contributed by atoms with Crippen LogP contribution in [0.1, 0.15) is 24.2 Å². The van der Waals surface area contributed by atoms with Gasteiger partial charge in [-0.2, -0.15) is 13.2 Å². The number of aliphatic hydroxyl groups is 1. The topological polar surface area (TPSA) is 62.2 Å². The van der Waals surface area contributed by atoms with Crippen molar-refractivity contribution in [1.29, 1.82) is 0 Å². The first-order chi connectivity index (χ1) is 8.54. The third kappa shape index (κ3) is 4.07. The van der Waals surface area contributed by atoms with E-state index in [2.05, 4.69) is 10.3 Å². The number of nitrogens with zero attached hydrogens (tertiary/aromatic N) is 1. The van der Waals surface area contributed by atoms with Gasteiger partial charge in [0.25, 0.3) is 5.91 Å². The summed E-state index contributed by atoms with van der Waals surface area (Å²) in [7, 11) is 0. The zero-order valence-corrected chi connectivity index (χ0v) is 10.9. The summed E-state index contributed by atoms with van der Waals surface area (Å²) in [5.41, 5.74) is -1.87. The molecule has 106 valence electrons. The molecule has 1 amide bonds. The molecule has 8 heteroatoms. The molecular formula is C11H12ClF3N2O2. The van der Waals surface area contributed by atoms with Gasteiger partial charge in [0.2, 0.25) is 0 Å². The molecule has 1 heterocycles. The molecule has 0 fully saturated rings. The van der Waals surface area contributed by atoms with Gasteiger partial charge in [-0.25, -0.2) is 0 Å². The Balaban J connectivity index is 2.87. The van der Waals surface area contributed by atoms with E-state index in [0.29, 0.717) is 0 Å².